The molecule has 7 heteroatoms. The highest BCUT2D eigenvalue weighted by Gasteiger charge is 2.20. The zero-order valence-corrected chi connectivity index (χ0v) is 11.2. The molecule has 0 fully saturated rings. The van der Waals surface area contributed by atoms with Crippen LogP contribution in [0.15, 0.2) is 35.7 Å². The zero-order valence-electron chi connectivity index (χ0n) is 10.4. The average molecular weight is 292 g/mol. The van der Waals surface area contributed by atoms with Crippen molar-refractivity contribution >= 4 is 28.7 Å². The van der Waals surface area contributed by atoms with E-state index in [1.807, 2.05) is 17.5 Å². The fourth-order valence-electron chi connectivity index (χ4n) is 1.82. The fourth-order valence-corrected chi connectivity index (χ4v) is 2.53. The Morgan fingerprint density at radius 1 is 1.35 bits per heavy atom. The molecule has 0 bridgehead atoms. The van der Waals surface area contributed by atoms with Crippen LogP contribution < -0.4 is 5.32 Å². The van der Waals surface area contributed by atoms with Gasteiger partial charge in [-0.3, -0.25) is 10.1 Å². The van der Waals surface area contributed by atoms with Crippen molar-refractivity contribution in [1.29, 1.82) is 0 Å². The van der Waals surface area contributed by atoms with Gasteiger partial charge in [-0.1, -0.05) is 12.1 Å². The first-order valence-electron chi connectivity index (χ1n) is 5.86. The van der Waals surface area contributed by atoms with E-state index < -0.39 is 10.9 Å². The summed E-state index contributed by atoms with van der Waals surface area (Å²) in [6, 6.07) is 7.90. The third-order valence-electron chi connectivity index (χ3n) is 2.72. The summed E-state index contributed by atoms with van der Waals surface area (Å²) in [5, 5.41) is 24.9. The van der Waals surface area contributed by atoms with E-state index in [0.717, 1.165) is 4.88 Å². The van der Waals surface area contributed by atoms with Gasteiger partial charge in [0.1, 0.15) is 5.69 Å². The van der Waals surface area contributed by atoms with Crippen molar-refractivity contribution in [2.75, 3.05) is 11.9 Å². The Kier molecular flexibility index (Phi) is 4.31. The molecule has 1 heterocycles. The molecule has 20 heavy (non-hydrogen) atoms. The summed E-state index contributed by atoms with van der Waals surface area (Å²) in [6.07, 6.45) is 0.683. The lowest BCUT2D eigenvalue weighted by Crippen LogP contribution is -2.11. The SMILES string of the molecule is O=C(O)c1cccc([N+](=O)[O-])c1NCCc1cccs1. The summed E-state index contributed by atoms with van der Waals surface area (Å²) < 4.78 is 0. The summed E-state index contributed by atoms with van der Waals surface area (Å²) in [4.78, 5) is 22.6. The third-order valence-corrected chi connectivity index (χ3v) is 3.66. The number of rotatable bonds is 6. The number of benzene rings is 1. The van der Waals surface area contributed by atoms with Crippen molar-refractivity contribution in [2.24, 2.45) is 0 Å². The number of nitrogens with zero attached hydrogens (tertiary/aromatic N) is 1. The van der Waals surface area contributed by atoms with Crippen LogP contribution in [-0.2, 0) is 6.42 Å². The van der Waals surface area contributed by atoms with Gasteiger partial charge in [-0.05, 0) is 23.9 Å². The Labute approximate surface area is 118 Å². The van der Waals surface area contributed by atoms with Gasteiger partial charge in [-0.25, -0.2) is 4.79 Å². The monoisotopic (exact) mass is 292 g/mol. The molecule has 0 amide bonds. The number of hydrogen-bond acceptors (Lipinski definition) is 5. The second-order valence-electron chi connectivity index (χ2n) is 4.02. The molecule has 0 spiro atoms. The molecule has 0 saturated carbocycles. The first-order valence-corrected chi connectivity index (χ1v) is 6.74. The van der Waals surface area contributed by atoms with E-state index in [1.54, 1.807) is 11.3 Å². The Bertz CT molecular complexity index is 593. The molecular weight excluding hydrogens is 280 g/mol. The molecule has 104 valence electrons. The molecule has 0 unspecified atom stereocenters. The Morgan fingerprint density at radius 2 is 2.15 bits per heavy atom. The number of carboxylic acid groups (broad SMARTS) is 1. The minimum Gasteiger partial charge on any atom is -0.478 e. The highest BCUT2D eigenvalue weighted by atomic mass is 32.1. The van der Waals surface area contributed by atoms with E-state index in [-0.39, 0.29) is 16.9 Å². The number of carboxylic acids is 1. The van der Waals surface area contributed by atoms with E-state index >= 15 is 0 Å². The van der Waals surface area contributed by atoms with Crippen LogP contribution in [0.3, 0.4) is 0 Å². The first-order chi connectivity index (χ1) is 9.59. The predicted octanol–water partition coefficient (Wildman–Crippen LogP) is 3.01. The molecule has 2 aromatic rings. The lowest BCUT2D eigenvalue weighted by Gasteiger charge is -2.09. The number of nitro groups is 1. The summed E-state index contributed by atoms with van der Waals surface area (Å²) in [5.74, 6) is -1.19. The standard InChI is InChI=1S/C13H12N2O4S/c16-13(17)10-4-1-5-11(15(18)19)12(10)14-7-6-9-3-2-8-20-9/h1-5,8,14H,6-7H2,(H,16,17). The van der Waals surface area contributed by atoms with Crippen molar-refractivity contribution in [3.63, 3.8) is 0 Å². The minimum atomic E-state index is -1.19. The fraction of sp³-hybridized carbons (Fsp3) is 0.154. The maximum atomic E-state index is 11.1. The van der Waals surface area contributed by atoms with Crippen molar-refractivity contribution in [3.05, 3.63) is 56.3 Å². The summed E-state index contributed by atoms with van der Waals surface area (Å²) >= 11 is 1.59. The second-order valence-corrected chi connectivity index (χ2v) is 5.05. The molecule has 2 N–H and O–H groups in total. The first kappa shape index (κ1) is 14.0. The van der Waals surface area contributed by atoms with Gasteiger partial charge in [-0.15, -0.1) is 11.3 Å². The van der Waals surface area contributed by atoms with E-state index in [4.69, 9.17) is 5.11 Å². The number of hydrogen-bond donors (Lipinski definition) is 2. The molecule has 1 aromatic carbocycles. The van der Waals surface area contributed by atoms with Gasteiger partial charge < -0.3 is 10.4 Å². The molecule has 0 atom stereocenters. The highest BCUT2D eigenvalue weighted by Crippen LogP contribution is 2.28. The second kappa shape index (κ2) is 6.16. The molecule has 0 saturated heterocycles. The van der Waals surface area contributed by atoms with Crippen molar-refractivity contribution in [2.45, 2.75) is 6.42 Å². The van der Waals surface area contributed by atoms with Gasteiger partial charge in [0, 0.05) is 17.5 Å². The molecule has 0 aliphatic rings. The number of para-hydroxylation sites is 1. The van der Waals surface area contributed by atoms with Gasteiger partial charge in [-0.2, -0.15) is 0 Å². The van der Waals surface area contributed by atoms with Crippen LogP contribution in [0.4, 0.5) is 11.4 Å². The number of thiophene rings is 1. The Hall–Kier alpha value is -2.41. The van der Waals surface area contributed by atoms with Crippen LogP contribution in [0.5, 0.6) is 0 Å². The molecule has 0 aliphatic carbocycles. The number of nitro benzene ring substituents is 1. The zero-order chi connectivity index (χ0) is 14.5. The topological polar surface area (TPSA) is 92.5 Å². The molecule has 0 radical (unpaired) electrons. The van der Waals surface area contributed by atoms with Crippen molar-refractivity contribution in [1.82, 2.24) is 0 Å². The molecule has 2 rings (SSSR count). The predicted molar refractivity (Wildman–Crippen MR) is 76.6 cm³/mol. The summed E-state index contributed by atoms with van der Waals surface area (Å²) in [6.45, 7) is 0.436. The quantitative estimate of drug-likeness (QED) is 0.630. The maximum absolute atomic E-state index is 11.1. The van der Waals surface area contributed by atoms with E-state index in [0.29, 0.717) is 13.0 Å². The van der Waals surface area contributed by atoms with Crippen LogP contribution in [0.1, 0.15) is 15.2 Å². The van der Waals surface area contributed by atoms with Gasteiger partial charge >= 0.3 is 5.97 Å². The summed E-state index contributed by atoms with van der Waals surface area (Å²) in [5.41, 5.74) is -0.261. The van der Waals surface area contributed by atoms with E-state index in [2.05, 4.69) is 5.32 Å². The molecule has 1 aromatic heterocycles. The van der Waals surface area contributed by atoms with E-state index in [9.17, 15) is 14.9 Å². The number of aromatic carboxylic acids is 1. The highest BCUT2D eigenvalue weighted by molar-refractivity contribution is 7.09. The van der Waals surface area contributed by atoms with Gasteiger partial charge in [0.2, 0.25) is 0 Å². The van der Waals surface area contributed by atoms with Crippen molar-refractivity contribution < 1.29 is 14.8 Å². The lowest BCUT2D eigenvalue weighted by atomic mass is 10.1. The van der Waals surface area contributed by atoms with Gasteiger partial charge in [0.15, 0.2) is 0 Å². The molecule has 0 aliphatic heterocycles. The van der Waals surface area contributed by atoms with Crippen molar-refractivity contribution in [3.8, 4) is 0 Å². The maximum Gasteiger partial charge on any atom is 0.338 e. The minimum absolute atomic E-state index is 0.0570. The lowest BCUT2D eigenvalue weighted by molar-refractivity contribution is -0.384. The molecule has 6 nitrogen and oxygen atoms in total. The van der Waals surface area contributed by atoms with Crippen LogP contribution in [0.25, 0.3) is 0 Å². The van der Waals surface area contributed by atoms with Crippen LogP contribution >= 0.6 is 11.3 Å². The largest absolute Gasteiger partial charge is 0.478 e. The van der Waals surface area contributed by atoms with Crippen LogP contribution in [0.2, 0.25) is 0 Å². The Balaban J connectivity index is 2.19. The van der Waals surface area contributed by atoms with Gasteiger partial charge in [0.25, 0.3) is 5.69 Å². The van der Waals surface area contributed by atoms with E-state index in [1.165, 1.54) is 18.2 Å². The number of nitrogens with one attached hydrogen (secondary N) is 1. The van der Waals surface area contributed by atoms with Crippen LogP contribution in [0, 0.1) is 10.1 Å². The number of anilines is 1. The summed E-state index contributed by atoms with van der Waals surface area (Å²) in [7, 11) is 0. The Morgan fingerprint density at radius 3 is 2.75 bits per heavy atom. The average Bonchev–Trinajstić information content (AvgIpc) is 2.91. The molecular formula is C13H12N2O4S. The van der Waals surface area contributed by atoms with Gasteiger partial charge in [0.05, 0.1) is 10.5 Å². The third kappa shape index (κ3) is 3.12. The smallest absolute Gasteiger partial charge is 0.338 e. The van der Waals surface area contributed by atoms with Crippen LogP contribution in [-0.4, -0.2) is 22.5 Å². The number of carbonyl (C=O) groups is 1. The normalized spacial score (nSPS) is 10.2.